The zero-order chi connectivity index (χ0) is 15.2. The molecule has 1 aromatic rings. The van der Waals surface area contributed by atoms with E-state index < -0.39 is 12.1 Å². The maximum Gasteiger partial charge on any atom is 0.339 e. The number of hydrogen-bond acceptors (Lipinski definition) is 4. The van der Waals surface area contributed by atoms with Gasteiger partial charge in [-0.15, -0.1) is 0 Å². The number of nitrogens with zero attached hydrogens (tertiary/aromatic N) is 1. The Labute approximate surface area is 122 Å². The van der Waals surface area contributed by atoms with Gasteiger partial charge >= 0.3 is 6.03 Å². The van der Waals surface area contributed by atoms with E-state index in [1.54, 1.807) is 31.2 Å². The van der Waals surface area contributed by atoms with Gasteiger partial charge in [-0.1, -0.05) is 12.2 Å². The van der Waals surface area contributed by atoms with Crippen LogP contribution in [0.25, 0.3) is 6.08 Å². The number of nitrogens with two attached hydrogens (primary N) is 1. The summed E-state index contributed by atoms with van der Waals surface area (Å²) in [7, 11) is 0. The predicted molar refractivity (Wildman–Crippen MR) is 77.5 cm³/mol. The van der Waals surface area contributed by atoms with Gasteiger partial charge in [-0.2, -0.15) is 5.06 Å². The van der Waals surface area contributed by atoms with Gasteiger partial charge in [-0.25, -0.2) is 4.79 Å². The van der Waals surface area contributed by atoms with Crippen LogP contribution in [0.3, 0.4) is 0 Å². The Balaban J connectivity index is 1.95. The molecule has 0 spiro atoms. The summed E-state index contributed by atoms with van der Waals surface area (Å²) in [6, 6.07) is 1.98. The van der Waals surface area contributed by atoms with Crippen LogP contribution in [0.5, 0.6) is 5.95 Å². The smallest absolute Gasteiger partial charge is 0.339 e. The third kappa shape index (κ3) is 4.25. The van der Waals surface area contributed by atoms with Gasteiger partial charge < -0.3 is 14.9 Å². The summed E-state index contributed by atoms with van der Waals surface area (Å²) in [5, 5.41) is 9.77. The number of hydrogen-bond donors (Lipinski definition) is 2. The van der Waals surface area contributed by atoms with E-state index in [1.165, 1.54) is 0 Å². The van der Waals surface area contributed by atoms with Crippen LogP contribution in [0.15, 0.2) is 46.6 Å². The maximum absolute atomic E-state index is 10.8. The topological polar surface area (TPSA) is 88.9 Å². The van der Waals surface area contributed by atoms with Crippen molar-refractivity contribution in [1.82, 2.24) is 5.06 Å². The Hall–Kier alpha value is -2.47. The average molecular weight is 290 g/mol. The zero-order valence-corrected chi connectivity index (χ0v) is 11.7. The van der Waals surface area contributed by atoms with Crippen molar-refractivity contribution in [3.8, 4) is 5.95 Å². The molecule has 112 valence electrons. The fourth-order valence-corrected chi connectivity index (χ4v) is 1.78. The number of carbonyl (C=O) groups excluding carboxylic acids is 1. The first-order valence-corrected chi connectivity index (χ1v) is 6.66. The molecule has 0 bridgehead atoms. The Morgan fingerprint density at radius 1 is 1.52 bits per heavy atom. The highest BCUT2D eigenvalue weighted by molar-refractivity contribution is 5.71. The minimum absolute atomic E-state index is 0.385. The van der Waals surface area contributed by atoms with Crippen molar-refractivity contribution < 1.29 is 19.2 Å². The van der Waals surface area contributed by atoms with Crippen molar-refractivity contribution in [2.75, 3.05) is 0 Å². The summed E-state index contributed by atoms with van der Waals surface area (Å²) in [4.78, 5) is 10.8. The minimum atomic E-state index is -0.911. The van der Waals surface area contributed by atoms with Crippen LogP contribution >= 0.6 is 0 Å². The lowest BCUT2D eigenvalue weighted by atomic mass is 10.2. The summed E-state index contributed by atoms with van der Waals surface area (Å²) < 4.78 is 11.0. The lowest BCUT2D eigenvalue weighted by Crippen LogP contribution is -2.38. The molecule has 6 heteroatoms. The zero-order valence-electron chi connectivity index (χ0n) is 11.7. The van der Waals surface area contributed by atoms with Gasteiger partial charge in [0.05, 0.1) is 6.04 Å². The van der Waals surface area contributed by atoms with Crippen LogP contribution < -0.4 is 10.5 Å². The van der Waals surface area contributed by atoms with Gasteiger partial charge in [0.25, 0.3) is 5.95 Å². The first-order chi connectivity index (χ1) is 10.1. The summed E-state index contributed by atoms with van der Waals surface area (Å²) >= 11 is 0. The lowest BCUT2D eigenvalue weighted by molar-refractivity contribution is -0.0560. The molecule has 0 saturated carbocycles. The van der Waals surface area contributed by atoms with Crippen molar-refractivity contribution in [2.45, 2.75) is 25.8 Å². The Kier molecular flexibility index (Phi) is 4.84. The monoisotopic (exact) mass is 290 g/mol. The second-order valence-corrected chi connectivity index (χ2v) is 4.63. The molecule has 1 heterocycles. The van der Waals surface area contributed by atoms with Crippen LogP contribution in [0.4, 0.5) is 4.79 Å². The fourth-order valence-electron chi connectivity index (χ4n) is 1.78. The van der Waals surface area contributed by atoms with E-state index in [0.29, 0.717) is 16.8 Å². The third-order valence-electron chi connectivity index (χ3n) is 2.93. The number of hydroxylamine groups is 2. The molecule has 3 N–H and O–H groups in total. The summed E-state index contributed by atoms with van der Waals surface area (Å²) in [6.45, 7) is 1.62. The molecule has 1 atom stereocenters. The molecular formula is C15H18N2O4. The summed E-state index contributed by atoms with van der Waals surface area (Å²) in [6.07, 6.45) is 11.1. The molecular weight excluding hydrogens is 272 g/mol. The van der Waals surface area contributed by atoms with Gasteiger partial charge in [0, 0.05) is 6.07 Å². The highest BCUT2D eigenvalue weighted by atomic mass is 16.6. The van der Waals surface area contributed by atoms with E-state index >= 15 is 0 Å². The Morgan fingerprint density at radius 2 is 2.33 bits per heavy atom. The minimum Gasteiger partial charge on any atom is -0.426 e. The molecule has 1 aromatic heterocycles. The number of carbonyl (C=O) groups is 1. The molecule has 21 heavy (non-hydrogen) atoms. The molecule has 6 nitrogen and oxygen atoms in total. The molecule has 0 aromatic carbocycles. The summed E-state index contributed by atoms with van der Waals surface area (Å²) in [5.41, 5.74) is 4.96. The van der Waals surface area contributed by atoms with E-state index in [-0.39, 0.29) is 0 Å². The first-order valence-electron chi connectivity index (χ1n) is 6.66. The number of furan rings is 1. The van der Waals surface area contributed by atoms with Gasteiger partial charge in [-0.3, -0.25) is 5.21 Å². The number of urea groups is 1. The molecule has 1 aliphatic rings. The number of amides is 2. The first kappa shape index (κ1) is 14.9. The molecule has 0 aliphatic heterocycles. The molecule has 2 amide bonds. The standard InChI is InChI=1S/C15H18N2O4/c1-11(17(19)15(16)18)7-8-13-9-10-14(21-13)20-12-5-3-2-4-6-12/h3,5-11,19H,2,4H2,1H3,(H2,16,18)/b8-7+. The van der Waals surface area contributed by atoms with Crippen LogP contribution in [0.2, 0.25) is 0 Å². The van der Waals surface area contributed by atoms with Crippen molar-refractivity contribution in [2.24, 2.45) is 5.73 Å². The molecule has 0 radical (unpaired) electrons. The molecule has 0 saturated heterocycles. The summed E-state index contributed by atoms with van der Waals surface area (Å²) in [5.74, 6) is 1.70. The molecule has 0 fully saturated rings. The largest absolute Gasteiger partial charge is 0.426 e. The van der Waals surface area contributed by atoms with Gasteiger partial charge in [0.2, 0.25) is 0 Å². The van der Waals surface area contributed by atoms with Crippen LogP contribution in [-0.4, -0.2) is 22.3 Å². The highest BCUT2D eigenvalue weighted by Gasteiger charge is 2.12. The average Bonchev–Trinajstić information content (AvgIpc) is 2.92. The molecule has 1 aliphatic carbocycles. The predicted octanol–water partition coefficient (Wildman–Crippen LogP) is 3.06. The number of allylic oxidation sites excluding steroid dienone is 3. The van der Waals surface area contributed by atoms with Gasteiger partial charge in [0.1, 0.15) is 11.5 Å². The quantitative estimate of drug-likeness (QED) is 0.644. The van der Waals surface area contributed by atoms with Gasteiger partial charge in [0.15, 0.2) is 0 Å². The highest BCUT2D eigenvalue weighted by Crippen LogP contribution is 2.22. The van der Waals surface area contributed by atoms with Gasteiger partial charge in [-0.05, 0) is 44.1 Å². The Morgan fingerprint density at radius 3 is 3.00 bits per heavy atom. The maximum atomic E-state index is 10.8. The molecule has 1 unspecified atom stereocenters. The van der Waals surface area contributed by atoms with Crippen LogP contribution in [-0.2, 0) is 0 Å². The van der Waals surface area contributed by atoms with Crippen molar-refractivity contribution in [3.63, 3.8) is 0 Å². The number of rotatable bonds is 5. The van der Waals surface area contributed by atoms with E-state index in [2.05, 4.69) is 0 Å². The number of ether oxygens (including phenoxy) is 1. The van der Waals surface area contributed by atoms with Crippen LogP contribution in [0, 0.1) is 0 Å². The fraction of sp³-hybridized carbons (Fsp3) is 0.267. The second kappa shape index (κ2) is 6.81. The van der Waals surface area contributed by atoms with E-state index in [1.807, 2.05) is 18.2 Å². The van der Waals surface area contributed by atoms with Crippen molar-refractivity contribution in [3.05, 3.63) is 48.0 Å². The van der Waals surface area contributed by atoms with Crippen molar-refractivity contribution >= 4 is 12.1 Å². The Bertz CT molecular complexity index is 586. The van der Waals surface area contributed by atoms with E-state index in [0.717, 1.165) is 18.6 Å². The molecule has 2 rings (SSSR count). The third-order valence-corrected chi connectivity index (χ3v) is 2.93. The van der Waals surface area contributed by atoms with E-state index in [4.69, 9.17) is 14.9 Å². The lowest BCUT2D eigenvalue weighted by Gasteiger charge is -2.16. The number of primary amides is 1. The SMILES string of the molecule is CC(/C=C/c1ccc(OC2=CCCC=C2)o1)N(O)C(N)=O. The van der Waals surface area contributed by atoms with Crippen LogP contribution in [0.1, 0.15) is 25.5 Å². The normalized spacial score (nSPS) is 15.8. The second-order valence-electron chi connectivity index (χ2n) is 4.63. The van der Waals surface area contributed by atoms with E-state index in [9.17, 15) is 10.0 Å². The van der Waals surface area contributed by atoms with Crippen molar-refractivity contribution in [1.29, 1.82) is 0 Å².